The summed E-state index contributed by atoms with van der Waals surface area (Å²) in [6.45, 7) is 0. The molecule has 24 heavy (non-hydrogen) atoms. The van der Waals surface area contributed by atoms with Gasteiger partial charge in [0.25, 0.3) is 0 Å². The Labute approximate surface area is 194 Å². The number of benzene rings is 2. The van der Waals surface area contributed by atoms with Gasteiger partial charge in [0, 0.05) is 22.3 Å². The van der Waals surface area contributed by atoms with E-state index in [0.717, 1.165) is 12.1 Å². The first kappa shape index (κ1) is 23.1. The predicted molar refractivity (Wildman–Crippen MR) is 72.8 cm³/mol. The summed E-state index contributed by atoms with van der Waals surface area (Å²) >= 11 is 0. The smallest absolute Gasteiger partial charge is 0.545 e. The van der Waals surface area contributed by atoms with Crippen LogP contribution >= 0.6 is 0 Å². The quantitative estimate of drug-likeness (QED) is 0.480. The molecule has 0 aliphatic carbocycles. The first-order valence-corrected chi connectivity index (χ1v) is 5.71. The minimum atomic E-state index is -2.19. The molecule has 0 aliphatic heterocycles. The maximum absolute atomic E-state index is 11.2. The Morgan fingerprint density at radius 2 is 0.792 bits per heavy atom. The van der Waals surface area contributed by atoms with Crippen molar-refractivity contribution in [3.63, 3.8) is 0 Å². The van der Waals surface area contributed by atoms with Gasteiger partial charge in [0.05, 0.1) is 23.9 Å². The average Bonchev–Trinajstić information content (AvgIpc) is 2.43. The first-order valence-electron chi connectivity index (χ1n) is 5.71. The van der Waals surface area contributed by atoms with Crippen LogP contribution in [-0.4, -0.2) is 99.4 Å². The summed E-state index contributed by atoms with van der Waals surface area (Å²) < 4.78 is 0. The number of hydrogen-bond donors (Lipinski definition) is 0. The molecule has 0 aliphatic rings. The molecule has 0 saturated carbocycles. The van der Waals surface area contributed by atoms with Crippen molar-refractivity contribution in [3.8, 4) is 0 Å². The second-order valence-corrected chi connectivity index (χ2v) is 4.20. The molecule has 10 heteroatoms. The monoisotopic (exact) mass is 380 g/mol. The number of aromatic carboxylic acids is 4. The summed E-state index contributed by atoms with van der Waals surface area (Å²) in [6, 6.07) is 4.84. The Balaban J connectivity index is 0.00000264. The topological polar surface area (TPSA) is 161 Å². The van der Waals surface area contributed by atoms with Crippen molar-refractivity contribution in [2.75, 3.05) is 0 Å². The molecular weight excluding hydrogens is 376 g/mol. The Hall–Kier alpha value is -0.901. The molecule has 112 valence electrons. The van der Waals surface area contributed by atoms with Crippen LogP contribution in [-0.2, 0) is 0 Å². The van der Waals surface area contributed by atoms with Crippen LogP contribution in [0.25, 0.3) is 10.8 Å². The number of carboxylic acids is 4. The second-order valence-electron chi connectivity index (χ2n) is 4.20. The van der Waals surface area contributed by atoms with Gasteiger partial charge in [-0.25, -0.2) is 0 Å². The zero-order valence-corrected chi connectivity index (χ0v) is 16.4. The molecule has 2 rings (SSSR count). The minimum absolute atomic E-state index is 0. The van der Waals surface area contributed by atoms with Crippen molar-refractivity contribution in [1.29, 1.82) is 0 Å². The van der Waals surface area contributed by atoms with E-state index >= 15 is 0 Å². The third-order valence-corrected chi connectivity index (χ3v) is 3.03. The van der Waals surface area contributed by atoms with Crippen molar-refractivity contribution in [2.24, 2.45) is 0 Å². The molecule has 0 fully saturated rings. The average molecular weight is 380 g/mol. The van der Waals surface area contributed by atoms with Crippen molar-refractivity contribution in [2.45, 2.75) is 0 Å². The number of hydrogen-bond acceptors (Lipinski definition) is 8. The molecule has 0 atom stereocenters. The normalized spacial score (nSPS) is 9.50. The van der Waals surface area contributed by atoms with Crippen LogP contribution in [0, 0.1) is 0 Å². The molecule has 0 N–H and O–H groups in total. The summed E-state index contributed by atoms with van der Waals surface area (Å²) in [5.74, 6) is -8.37. The van der Waals surface area contributed by atoms with Gasteiger partial charge in [-0.05, 0) is 10.8 Å². The van der Waals surface area contributed by atoms with E-state index in [1.807, 2.05) is 0 Å². The molecule has 2 aromatic carbocycles. The van der Waals surface area contributed by atoms with E-state index in [1.54, 1.807) is 0 Å². The van der Waals surface area contributed by atoms with E-state index in [1.165, 1.54) is 12.1 Å². The third kappa shape index (κ3) is 4.01. The van der Waals surface area contributed by atoms with Crippen LogP contribution in [0.5, 0.6) is 0 Å². The van der Waals surface area contributed by atoms with Gasteiger partial charge < -0.3 is 39.6 Å². The molecule has 0 spiro atoms. The zero-order chi connectivity index (χ0) is 16.6. The molecule has 0 aromatic heterocycles. The van der Waals surface area contributed by atoms with Crippen LogP contribution < -0.4 is 20.4 Å². The molecule has 0 saturated heterocycles. The van der Waals surface area contributed by atoms with Gasteiger partial charge in [0.2, 0.25) is 0 Å². The predicted octanol–water partition coefficient (Wildman–Crippen LogP) is -4.47. The molecule has 8 nitrogen and oxygen atoms in total. The van der Waals surface area contributed by atoms with Crippen LogP contribution in [0.15, 0.2) is 24.3 Å². The maximum atomic E-state index is 11.2. The van der Waals surface area contributed by atoms with Gasteiger partial charge in [0.1, 0.15) is 0 Å². The largest absolute Gasteiger partial charge is 2.00 e. The van der Waals surface area contributed by atoms with Crippen LogP contribution in [0.1, 0.15) is 41.4 Å². The van der Waals surface area contributed by atoms with E-state index in [4.69, 9.17) is 0 Å². The van der Waals surface area contributed by atoms with E-state index in [-0.39, 0.29) is 86.2 Å². The van der Waals surface area contributed by atoms with E-state index in [9.17, 15) is 39.6 Å². The SMILES string of the molecule is O=C([O-])c1c(C(=O)[O-])c(C(=O)[O-])c2ccccc2c1C(=O)[O-].[Ca+2].[Ca+2]. The fourth-order valence-corrected chi connectivity index (χ4v) is 2.27. The van der Waals surface area contributed by atoms with E-state index < -0.39 is 46.1 Å². The maximum Gasteiger partial charge on any atom is 2.00 e. The Morgan fingerprint density at radius 3 is 1.00 bits per heavy atom. The summed E-state index contributed by atoms with van der Waals surface area (Å²) in [4.78, 5) is 44.8. The number of carbonyl (C=O) groups is 4. The Morgan fingerprint density at radius 1 is 0.542 bits per heavy atom. The number of carbonyl (C=O) groups excluding carboxylic acids is 4. The Kier molecular flexibility index (Phi) is 8.64. The van der Waals surface area contributed by atoms with Gasteiger partial charge in [-0.15, -0.1) is 0 Å². The van der Waals surface area contributed by atoms with Gasteiger partial charge in [-0.2, -0.15) is 0 Å². The van der Waals surface area contributed by atoms with Gasteiger partial charge in [-0.1, -0.05) is 24.3 Å². The third-order valence-electron chi connectivity index (χ3n) is 3.03. The minimum Gasteiger partial charge on any atom is -0.545 e. The van der Waals surface area contributed by atoms with Crippen LogP contribution in [0.3, 0.4) is 0 Å². The molecule has 0 unspecified atom stereocenters. The molecule has 0 radical (unpaired) electrons. The molecule has 0 heterocycles. The number of rotatable bonds is 4. The van der Waals surface area contributed by atoms with Crippen LogP contribution in [0.4, 0.5) is 0 Å². The summed E-state index contributed by atoms with van der Waals surface area (Å²) in [5.41, 5.74) is -4.67. The molecule has 0 bridgehead atoms. The summed E-state index contributed by atoms with van der Waals surface area (Å²) in [6.07, 6.45) is 0. The summed E-state index contributed by atoms with van der Waals surface area (Å²) in [7, 11) is 0. The van der Waals surface area contributed by atoms with E-state index in [2.05, 4.69) is 0 Å². The van der Waals surface area contributed by atoms with Crippen molar-refractivity contribution >= 4 is 110 Å². The van der Waals surface area contributed by atoms with Crippen molar-refractivity contribution in [1.82, 2.24) is 0 Å². The van der Waals surface area contributed by atoms with Crippen molar-refractivity contribution < 1.29 is 39.6 Å². The van der Waals surface area contributed by atoms with E-state index in [0.29, 0.717) is 0 Å². The fraction of sp³-hybridized carbons (Fsp3) is 0. The standard InChI is InChI=1S/C14H8O8.2Ca/c15-11(16)7-5-3-1-2-4-6(5)8(12(17)18)10(14(21)22)9(7)13(19)20;;/h1-4H,(H,15,16)(H,17,18)(H,19,20)(H,21,22);;/q;2*+2/p-4. The number of carboxylic acid groups (broad SMARTS) is 4. The van der Waals surface area contributed by atoms with Gasteiger partial charge in [0.15, 0.2) is 0 Å². The molecule has 0 amide bonds. The second kappa shape index (κ2) is 8.98. The fourth-order valence-electron chi connectivity index (χ4n) is 2.27. The van der Waals surface area contributed by atoms with Gasteiger partial charge >= 0.3 is 75.5 Å². The first-order chi connectivity index (χ1) is 10.3. The van der Waals surface area contributed by atoms with Gasteiger partial charge in [-0.3, -0.25) is 0 Å². The molecule has 2 aromatic rings. The van der Waals surface area contributed by atoms with Crippen LogP contribution in [0.2, 0.25) is 0 Å². The summed E-state index contributed by atoms with van der Waals surface area (Å²) in [5, 5.41) is 44.1. The van der Waals surface area contributed by atoms with Crippen molar-refractivity contribution in [3.05, 3.63) is 46.5 Å². The molecular formula is C14H4Ca2O8. The Bertz CT molecular complexity index is 789. The zero-order valence-electron chi connectivity index (χ0n) is 12.0. The number of fused-ring (bicyclic) bond motifs is 1.